The van der Waals surface area contributed by atoms with Crippen molar-refractivity contribution in [3.05, 3.63) is 32.9 Å². The molecule has 1 saturated heterocycles. The lowest BCUT2D eigenvalue weighted by molar-refractivity contribution is -0.0554. The molecule has 0 amide bonds. The molecule has 1 aliphatic rings. The molecule has 2 heterocycles. The maximum atomic E-state index is 13.1. The molecule has 0 spiro atoms. The van der Waals surface area contributed by atoms with E-state index >= 15 is 0 Å². The third-order valence-corrected chi connectivity index (χ3v) is 2.72. The first-order valence-electron chi connectivity index (χ1n) is 5.09. The van der Waals surface area contributed by atoms with Crippen LogP contribution in [-0.4, -0.2) is 49.8 Å². The van der Waals surface area contributed by atoms with E-state index < -0.39 is 48.2 Å². The summed E-state index contributed by atoms with van der Waals surface area (Å²) in [5.74, 6) is -1.23. The molecule has 4 atom stereocenters. The number of halogens is 2. The number of nitrogens with one attached hydrogen (secondary N) is 1. The van der Waals surface area contributed by atoms with Crippen LogP contribution in [0.15, 0.2) is 15.8 Å². The number of H-pyrrole nitrogens is 1. The minimum Gasteiger partial charge on any atom is -0.394 e. The Labute approximate surface area is 111 Å². The fraction of sp³-hybridized carbons (Fsp3) is 0.556. The predicted molar refractivity (Wildman–Crippen MR) is 61.5 cm³/mol. The van der Waals surface area contributed by atoms with Crippen molar-refractivity contribution in [3.8, 4) is 0 Å². The van der Waals surface area contributed by atoms with Crippen LogP contribution in [0, 0.1) is 5.82 Å². The lowest BCUT2D eigenvalue weighted by Gasteiger charge is -2.16. The summed E-state index contributed by atoms with van der Waals surface area (Å²) in [5.41, 5.74) is -2.18. The van der Waals surface area contributed by atoms with Crippen LogP contribution in [0.5, 0.6) is 0 Å². The minimum atomic E-state index is -1.52. The molecule has 1 aromatic rings. The lowest BCUT2D eigenvalue weighted by Crippen LogP contribution is -2.38. The molecule has 2 rings (SSSR count). The van der Waals surface area contributed by atoms with Gasteiger partial charge in [0.2, 0.25) is 5.82 Å². The molecule has 1 aromatic heterocycles. The summed E-state index contributed by atoms with van der Waals surface area (Å²) >= 11 is 0. The molecule has 0 unspecified atom stereocenters. The standard InChI is InChI=1S/C9H11FN2O6.ClH/c10-3-1-12(9(17)11-7(3)16)8-6(15)5(14)4(2-13)18-8;/h1,4-6,8,13-15H,2H2,(H,11,16,17);1H/t4-,5-,6-,8-;/m1./s1. The van der Waals surface area contributed by atoms with Crippen LogP contribution in [0.25, 0.3) is 0 Å². The van der Waals surface area contributed by atoms with E-state index in [9.17, 15) is 24.2 Å². The van der Waals surface area contributed by atoms with Crippen molar-refractivity contribution in [2.75, 3.05) is 6.61 Å². The van der Waals surface area contributed by atoms with Gasteiger partial charge >= 0.3 is 5.69 Å². The fourth-order valence-corrected chi connectivity index (χ4v) is 1.76. The largest absolute Gasteiger partial charge is 0.394 e. The minimum absolute atomic E-state index is 0. The van der Waals surface area contributed by atoms with Crippen LogP contribution in [0.2, 0.25) is 0 Å². The van der Waals surface area contributed by atoms with E-state index in [0.717, 1.165) is 0 Å². The molecule has 0 radical (unpaired) electrons. The molecule has 108 valence electrons. The number of ether oxygens (including phenoxy) is 1. The van der Waals surface area contributed by atoms with E-state index in [2.05, 4.69) is 0 Å². The number of hydrogen-bond acceptors (Lipinski definition) is 6. The van der Waals surface area contributed by atoms with Crippen LogP contribution in [0.1, 0.15) is 6.23 Å². The van der Waals surface area contributed by atoms with Gasteiger partial charge in [-0.05, 0) is 0 Å². The van der Waals surface area contributed by atoms with Gasteiger partial charge in [-0.1, -0.05) is 0 Å². The Morgan fingerprint density at radius 1 is 1.37 bits per heavy atom. The molecule has 1 aliphatic heterocycles. The highest BCUT2D eigenvalue weighted by Gasteiger charge is 2.43. The van der Waals surface area contributed by atoms with Gasteiger partial charge in [-0.15, -0.1) is 12.4 Å². The summed E-state index contributed by atoms with van der Waals surface area (Å²) in [5, 5.41) is 28.0. The Kier molecular flexibility index (Phi) is 4.82. The van der Waals surface area contributed by atoms with Gasteiger partial charge in [-0.2, -0.15) is 4.39 Å². The van der Waals surface area contributed by atoms with Crippen molar-refractivity contribution in [1.82, 2.24) is 9.55 Å². The molecule has 10 heteroatoms. The Morgan fingerprint density at radius 2 is 2.00 bits per heavy atom. The Balaban J connectivity index is 0.00000180. The second-order valence-electron chi connectivity index (χ2n) is 3.87. The van der Waals surface area contributed by atoms with Gasteiger partial charge < -0.3 is 20.1 Å². The number of aliphatic hydroxyl groups is 3. The maximum Gasteiger partial charge on any atom is 0.330 e. The quantitative estimate of drug-likeness (QED) is 0.487. The topological polar surface area (TPSA) is 125 Å². The highest BCUT2D eigenvalue weighted by atomic mass is 35.5. The van der Waals surface area contributed by atoms with Gasteiger partial charge in [0, 0.05) is 0 Å². The summed E-state index contributed by atoms with van der Waals surface area (Å²) < 4.78 is 18.7. The van der Waals surface area contributed by atoms with E-state index in [1.807, 2.05) is 0 Å². The van der Waals surface area contributed by atoms with Gasteiger partial charge in [0.15, 0.2) is 6.23 Å². The first-order chi connectivity index (χ1) is 8.45. The van der Waals surface area contributed by atoms with Crippen molar-refractivity contribution in [1.29, 1.82) is 0 Å². The van der Waals surface area contributed by atoms with Crippen molar-refractivity contribution < 1.29 is 24.4 Å². The van der Waals surface area contributed by atoms with Crippen molar-refractivity contribution in [2.45, 2.75) is 24.5 Å². The summed E-state index contributed by atoms with van der Waals surface area (Å²) in [4.78, 5) is 24.0. The summed E-state index contributed by atoms with van der Waals surface area (Å²) in [6.07, 6.45) is -4.84. The highest BCUT2D eigenvalue weighted by Crippen LogP contribution is 2.27. The molecule has 19 heavy (non-hydrogen) atoms. The molecular formula is C9H12ClFN2O6. The van der Waals surface area contributed by atoms with Gasteiger partial charge in [0.1, 0.15) is 18.3 Å². The molecule has 4 N–H and O–H groups in total. The number of aliphatic hydroxyl groups excluding tert-OH is 3. The van der Waals surface area contributed by atoms with Crippen LogP contribution < -0.4 is 11.2 Å². The second-order valence-corrected chi connectivity index (χ2v) is 3.87. The van der Waals surface area contributed by atoms with Crippen LogP contribution in [0.3, 0.4) is 0 Å². The summed E-state index contributed by atoms with van der Waals surface area (Å²) in [7, 11) is 0. The summed E-state index contributed by atoms with van der Waals surface area (Å²) in [6.45, 7) is -0.574. The molecule has 0 bridgehead atoms. The molecular weight excluding hydrogens is 287 g/mol. The number of rotatable bonds is 2. The Bertz CT molecular complexity index is 560. The van der Waals surface area contributed by atoms with Crippen LogP contribution in [-0.2, 0) is 4.74 Å². The lowest BCUT2D eigenvalue weighted by atomic mass is 10.1. The third-order valence-electron chi connectivity index (χ3n) is 2.72. The van der Waals surface area contributed by atoms with E-state index in [1.165, 1.54) is 0 Å². The zero-order valence-electron chi connectivity index (χ0n) is 9.39. The van der Waals surface area contributed by atoms with Crippen LogP contribution in [0.4, 0.5) is 4.39 Å². The van der Waals surface area contributed by atoms with Gasteiger partial charge in [-0.3, -0.25) is 14.3 Å². The molecule has 0 saturated carbocycles. The van der Waals surface area contributed by atoms with Gasteiger partial charge in [0.05, 0.1) is 12.8 Å². The summed E-state index contributed by atoms with van der Waals surface area (Å²) in [6, 6.07) is 0. The molecule has 0 aliphatic carbocycles. The van der Waals surface area contributed by atoms with Crippen molar-refractivity contribution in [3.63, 3.8) is 0 Å². The SMILES string of the molecule is Cl.O=c1[nH]c(=O)n([C@@H]2O[C@H](CO)[C@@H](O)[C@H]2O)cc1F. The normalized spacial score (nSPS) is 30.1. The van der Waals surface area contributed by atoms with Crippen LogP contribution >= 0.6 is 12.4 Å². The van der Waals surface area contributed by atoms with Gasteiger partial charge in [0.25, 0.3) is 5.56 Å². The van der Waals surface area contributed by atoms with E-state index in [4.69, 9.17) is 9.84 Å². The molecule has 0 aromatic carbocycles. The zero-order chi connectivity index (χ0) is 13.4. The maximum absolute atomic E-state index is 13.1. The smallest absolute Gasteiger partial charge is 0.330 e. The number of hydrogen-bond donors (Lipinski definition) is 4. The van der Waals surface area contributed by atoms with Crippen molar-refractivity contribution >= 4 is 12.4 Å². The molecule has 8 nitrogen and oxygen atoms in total. The predicted octanol–water partition coefficient (Wildman–Crippen LogP) is -2.29. The molecule has 1 fully saturated rings. The Hall–Kier alpha value is -1.26. The van der Waals surface area contributed by atoms with Crippen molar-refractivity contribution in [2.24, 2.45) is 0 Å². The highest BCUT2D eigenvalue weighted by molar-refractivity contribution is 5.85. The zero-order valence-corrected chi connectivity index (χ0v) is 10.2. The average molecular weight is 299 g/mol. The van der Waals surface area contributed by atoms with E-state index in [1.54, 1.807) is 4.98 Å². The first kappa shape index (κ1) is 15.8. The fourth-order valence-electron chi connectivity index (χ4n) is 1.76. The van der Waals surface area contributed by atoms with E-state index in [-0.39, 0.29) is 12.4 Å². The van der Waals surface area contributed by atoms with E-state index in [0.29, 0.717) is 10.8 Å². The Morgan fingerprint density at radius 3 is 2.53 bits per heavy atom. The van der Waals surface area contributed by atoms with Gasteiger partial charge in [-0.25, -0.2) is 4.79 Å². The first-order valence-corrected chi connectivity index (χ1v) is 5.09. The average Bonchev–Trinajstić information content (AvgIpc) is 2.61. The third kappa shape index (κ3) is 2.69. The second kappa shape index (κ2) is 5.80. The number of nitrogens with zero attached hydrogens (tertiary/aromatic N) is 1. The monoisotopic (exact) mass is 298 g/mol. The number of aromatic nitrogens is 2. The number of aromatic amines is 1.